The summed E-state index contributed by atoms with van der Waals surface area (Å²) in [5.74, 6) is 6.58. The Kier molecular flexibility index (Phi) is 4.68. The number of rotatable bonds is 4. The van der Waals surface area contributed by atoms with Crippen LogP contribution in [-0.2, 0) is 0 Å². The van der Waals surface area contributed by atoms with Crippen molar-refractivity contribution in [2.45, 2.75) is 18.1 Å². The van der Waals surface area contributed by atoms with Crippen LogP contribution in [0.4, 0.5) is 5.82 Å². The SMILES string of the molecule is NNc1ccc(Cl)c(C(=O)NCC2CCCS2)n1. The number of carbonyl (C=O) groups excluding carboxylic acids is 1. The van der Waals surface area contributed by atoms with E-state index in [-0.39, 0.29) is 11.6 Å². The molecule has 1 aliphatic heterocycles. The molecule has 1 atom stereocenters. The Morgan fingerprint density at radius 2 is 2.44 bits per heavy atom. The number of nitrogens with one attached hydrogen (secondary N) is 2. The van der Waals surface area contributed by atoms with Crippen LogP contribution >= 0.6 is 23.4 Å². The summed E-state index contributed by atoms with van der Waals surface area (Å²) in [6.45, 7) is 0.655. The van der Waals surface area contributed by atoms with Crippen molar-refractivity contribution < 1.29 is 4.79 Å². The number of nitrogens with zero attached hydrogens (tertiary/aromatic N) is 1. The third-order valence-electron chi connectivity index (χ3n) is 2.72. The maximum Gasteiger partial charge on any atom is 0.271 e. The van der Waals surface area contributed by atoms with Gasteiger partial charge >= 0.3 is 0 Å². The van der Waals surface area contributed by atoms with Crippen molar-refractivity contribution in [3.05, 3.63) is 22.8 Å². The Balaban J connectivity index is 1.98. The Bertz CT molecular complexity index is 437. The number of hydrogen-bond acceptors (Lipinski definition) is 5. The van der Waals surface area contributed by atoms with E-state index in [4.69, 9.17) is 17.4 Å². The summed E-state index contributed by atoms with van der Waals surface area (Å²) in [6, 6.07) is 3.22. The number of hydrazine groups is 1. The molecule has 4 N–H and O–H groups in total. The number of nitrogen functional groups attached to an aromatic ring is 1. The van der Waals surface area contributed by atoms with E-state index in [2.05, 4.69) is 15.7 Å². The number of anilines is 1. The lowest BCUT2D eigenvalue weighted by atomic mass is 10.2. The number of carbonyl (C=O) groups is 1. The maximum absolute atomic E-state index is 12.0. The lowest BCUT2D eigenvalue weighted by Gasteiger charge is -2.11. The van der Waals surface area contributed by atoms with Crippen LogP contribution in [0.1, 0.15) is 23.3 Å². The fourth-order valence-corrected chi connectivity index (χ4v) is 3.17. The van der Waals surface area contributed by atoms with Gasteiger partial charge in [-0.3, -0.25) is 4.79 Å². The molecule has 0 aromatic carbocycles. The predicted molar refractivity (Wildman–Crippen MR) is 74.9 cm³/mol. The lowest BCUT2D eigenvalue weighted by molar-refractivity contribution is 0.0949. The molecule has 1 saturated heterocycles. The normalized spacial score (nSPS) is 18.7. The molecule has 1 unspecified atom stereocenters. The Morgan fingerprint density at radius 1 is 1.61 bits per heavy atom. The van der Waals surface area contributed by atoms with Crippen molar-refractivity contribution in [1.82, 2.24) is 10.3 Å². The molecule has 1 aromatic rings. The summed E-state index contributed by atoms with van der Waals surface area (Å²) in [7, 11) is 0. The molecule has 0 spiro atoms. The Labute approximate surface area is 115 Å². The van der Waals surface area contributed by atoms with Gasteiger partial charge in [0.15, 0.2) is 0 Å². The van der Waals surface area contributed by atoms with Crippen LogP contribution in [0.5, 0.6) is 0 Å². The lowest BCUT2D eigenvalue weighted by Crippen LogP contribution is -2.30. The average Bonchev–Trinajstić information content (AvgIpc) is 2.89. The van der Waals surface area contributed by atoms with E-state index in [0.29, 0.717) is 22.6 Å². The molecule has 98 valence electrons. The first-order valence-corrected chi connectivity index (χ1v) is 7.16. The summed E-state index contributed by atoms with van der Waals surface area (Å²) in [4.78, 5) is 16.0. The van der Waals surface area contributed by atoms with Crippen LogP contribution in [-0.4, -0.2) is 28.4 Å². The van der Waals surface area contributed by atoms with Crippen LogP contribution in [0, 0.1) is 0 Å². The molecule has 0 bridgehead atoms. The standard InChI is InChI=1S/C11H15ClN4OS/c12-8-3-4-9(16-13)15-10(8)11(17)14-6-7-2-1-5-18-7/h3-4,7H,1-2,5-6,13H2,(H,14,17)(H,15,16). The third-order valence-corrected chi connectivity index (χ3v) is 4.43. The minimum atomic E-state index is -0.260. The van der Waals surface area contributed by atoms with Gasteiger partial charge in [0.25, 0.3) is 5.91 Å². The highest BCUT2D eigenvalue weighted by Gasteiger charge is 2.18. The van der Waals surface area contributed by atoms with Crippen LogP contribution in [0.2, 0.25) is 5.02 Å². The highest BCUT2D eigenvalue weighted by molar-refractivity contribution is 8.00. The zero-order valence-corrected chi connectivity index (χ0v) is 11.4. The largest absolute Gasteiger partial charge is 0.350 e. The number of nitrogens with two attached hydrogens (primary N) is 1. The summed E-state index contributed by atoms with van der Waals surface area (Å²) >= 11 is 7.84. The van der Waals surface area contributed by atoms with Gasteiger partial charge in [0, 0.05) is 11.8 Å². The summed E-state index contributed by atoms with van der Waals surface area (Å²) in [6.07, 6.45) is 2.37. The number of thioether (sulfide) groups is 1. The summed E-state index contributed by atoms with van der Waals surface area (Å²) < 4.78 is 0. The number of hydrogen-bond donors (Lipinski definition) is 3. The van der Waals surface area contributed by atoms with Crippen LogP contribution in [0.3, 0.4) is 0 Å². The molecular weight excluding hydrogens is 272 g/mol. The fraction of sp³-hybridized carbons (Fsp3) is 0.455. The first-order valence-electron chi connectivity index (χ1n) is 5.73. The van der Waals surface area contributed by atoms with Crippen LogP contribution in [0.15, 0.2) is 12.1 Å². The molecule has 18 heavy (non-hydrogen) atoms. The van der Waals surface area contributed by atoms with E-state index in [1.54, 1.807) is 12.1 Å². The molecule has 7 heteroatoms. The molecule has 1 aliphatic rings. The molecule has 2 heterocycles. The van der Waals surface area contributed by atoms with E-state index in [9.17, 15) is 4.79 Å². The highest BCUT2D eigenvalue weighted by atomic mass is 35.5. The van der Waals surface area contributed by atoms with Crippen molar-refractivity contribution in [2.24, 2.45) is 5.84 Å². The van der Waals surface area contributed by atoms with E-state index in [1.807, 2.05) is 11.8 Å². The van der Waals surface area contributed by atoms with Crippen molar-refractivity contribution in [3.63, 3.8) is 0 Å². The van der Waals surface area contributed by atoms with Crippen molar-refractivity contribution in [2.75, 3.05) is 17.7 Å². The summed E-state index contributed by atoms with van der Waals surface area (Å²) in [5.41, 5.74) is 2.60. The summed E-state index contributed by atoms with van der Waals surface area (Å²) in [5, 5.41) is 3.69. The third kappa shape index (κ3) is 3.28. The van der Waals surface area contributed by atoms with Gasteiger partial charge < -0.3 is 10.7 Å². The van der Waals surface area contributed by atoms with Gasteiger partial charge in [-0.05, 0) is 30.7 Å². The zero-order valence-electron chi connectivity index (χ0n) is 9.78. The molecular formula is C11H15ClN4OS. The van der Waals surface area contributed by atoms with Crippen molar-refractivity contribution >= 4 is 35.1 Å². The second-order valence-electron chi connectivity index (χ2n) is 4.02. The molecule has 1 amide bonds. The van der Waals surface area contributed by atoms with Gasteiger partial charge in [-0.15, -0.1) is 0 Å². The monoisotopic (exact) mass is 286 g/mol. The van der Waals surface area contributed by atoms with E-state index in [1.165, 1.54) is 12.2 Å². The number of amides is 1. The number of pyridine rings is 1. The highest BCUT2D eigenvalue weighted by Crippen LogP contribution is 2.25. The van der Waals surface area contributed by atoms with E-state index >= 15 is 0 Å². The minimum absolute atomic E-state index is 0.204. The maximum atomic E-state index is 12.0. The molecule has 2 rings (SSSR count). The predicted octanol–water partition coefficient (Wildman–Crippen LogP) is 1.65. The average molecular weight is 287 g/mol. The van der Waals surface area contributed by atoms with Crippen LogP contribution < -0.4 is 16.6 Å². The second-order valence-corrected chi connectivity index (χ2v) is 5.83. The van der Waals surface area contributed by atoms with Gasteiger partial charge in [0.2, 0.25) is 0 Å². The van der Waals surface area contributed by atoms with Gasteiger partial charge in [0.1, 0.15) is 11.5 Å². The Hall–Kier alpha value is -0.980. The first kappa shape index (κ1) is 13.5. The topological polar surface area (TPSA) is 80.0 Å². The number of halogens is 1. The van der Waals surface area contributed by atoms with E-state index in [0.717, 1.165) is 6.42 Å². The molecule has 0 aliphatic carbocycles. The smallest absolute Gasteiger partial charge is 0.271 e. The molecule has 1 fully saturated rings. The molecule has 0 saturated carbocycles. The fourth-order valence-electron chi connectivity index (χ4n) is 1.78. The zero-order chi connectivity index (χ0) is 13.0. The molecule has 5 nitrogen and oxygen atoms in total. The van der Waals surface area contributed by atoms with Crippen molar-refractivity contribution in [1.29, 1.82) is 0 Å². The Morgan fingerprint density at radius 3 is 3.11 bits per heavy atom. The van der Waals surface area contributed by atoms with Crippen LogP contribution in [0.25, 0.3) is 0 Å². The van der Waals surface area contributed by atoms with Gasteiger partial charge in [-0.25, -0.2) is 10.8 Å². The van der Waals surface area contributed by atoms with Gasteiger partial charge in [-0.2, -0.15) is 11.8 Å². The second kappa shape index (κ2) is 6.26. The quantitative estimate of drug-likeness (QED) is 0.579. The minimum Gasteiger partial charge on any atom is -0.350 e. The van der Waals surface area contributed by atoms with E-state index < -0.39 is 0 Å². The van der Waals surface area contributed by atoms with Gasteiger partial charge in [-0.1, -0.05) is 11.6 Å². The molecule has 1 aromatic heterocycles. The first-order chi connectivity index (χ1) is 8.70. The number of aromatic nitrogens is 1. The van der Waals surface area contributed by atoms with Gasteiger partial charge in [0.05, 0.1) is 5.02 Å². The van der Waals surface area contributed by atoms with Crippen molar-refractivity contribution in [3.8, 4) is 0 Å². The molecule has 0 radical (unpaired) electrons.